The fourth-order valence-electron chi connectivity index (χ4n) is 3.97. The van der Waals surface area contributed by atoms with Crippen molar-refractivity contribution in [1.82, 2.24) is 14.5 Å². The maximum atomic E-state index is 13.3. The van der Waals surface area contributed by atoms with Gasteiger partial charge >= 0.3 is 5.69 Å². The number of carbonyl (C=O) groups excluding carboxylic acids is 1. The molecule has 0 bridgehead atoms. The van der Waals surface area contributed by atoms with Gasteiger partial charge in [0.25, 0.3) is 5.56 Å². The summed E-state index contributed by atoms with van der Waals surface area (Å²) in [7, 11) is 0. The largest absolute Gasteiger partial charge is 0.329 e. The second-order valence-electron chi connectivity index (χ2n) is 8.02. The lowest BCUT2D eigenvalue weighted by Crippen LogP contribution is -2.33. The second kappa shape index (κ2) is 7.39. The molecule has 0 saturated carbocycles. The van der Waals surface area contributed by atoms with Gasteiger partial charge in [0.05, 0.1) is 5.39 Å². The average Bonchev–Trinajstić information content (AvgIpc) is 2.67. The third-order valence-electron chi connectivity index (χ3n) is 5.57. The molecule has 4 rings (SSSR count). The van der Waals surface area contributed by atoms with E-state index in [9.17, 15) is 18.8 Å². The fraction of sp³-hybridized carbons (Fsp3) is 0.364. The van der Waals surface area contributed by atoms with E-state index in [0.717, 1.165) is 12.0 Å². The van der Waals surface area contributed by atoms with Crippen molar-refractivity contribution in [1.29, 1.82) is 0 Å². The summed E-state index contributed by atoms with van der Waals surface area (Å²) in [4.78, 5) is 44.5. The molecule has 1 aliphatic rings. The number of H-pyrrole nitrogens is 1. The summed E-state index contributed by atoms with van der Waals surface area (Å²) < 4.78 is 14.8. The highest BCUT2D eigenvalue weighted by Crippen LogP contribution is 2.34. The number of nitrogens with one attached hydrogen (secondary N) is 1. The highest BCUT2D eigenvalue weighted by molar-refractivity contribution is 6.02. The van der Waals surface area contributed by atoms with Crippen LogP contribution >= 0.6 is 0 Å². The molecule has 0 unspecified atom stereocenters. The van der Waals surface area contributed by atoms with E-state index in [1.54, 1.807) is 12.1 Å². The summed E-state index contributed by atoms with van der Waals surface area (Å²) in [5.74, 6) is -0.214. The topological polar surface area (TPSA) is 84.8 Å². The number of aromatic nitrogens is 3. The number of pyridine rings is 1. The zero-order valence-electron chi connectivity index (χ0n) is 16.4. The summed E-state index contributed by atoms with van der Waals surface area (Å²) in [5.41, 5.74) is 1.18. The fourth-order valence-corrected chi connectivity index (χ4v) is 3.97. The first kappa shape index (κ1) is 19.2. The maximum absolute atomic E-state index is 13.3. The Morgan fingerprint density at radius 2 is 1.90 bits per heavy atom. The molecular formula is C22H22FN3O3. The minimum Gasteiger partial charge on any atom is -0.294 e. The van der Waals surface area contributed by atoms with E-state index in [-0.39, 0.29) is 23.9 Å². The second-order valence-corrected chi connectivity index (χ2v) is 8.02. The number of aryl methyl sites for hydroxylation is 1. The van der Waals surface area contributed by atoms with Gasteiger partial charge in [0, 0.05) is 24.7 Å². The minimum absolute atomic E-state index is 0.102. The molecule has 0 aliphatic heterocycles. The Balaban J connectivity index is 1.87. The predicted octanol–water partition coefficient (Wildman–Crippen LogP) is 3.18. The molecule has 7 heteroatoms. The number of ketones is 1. The van der Waals surface area contributed by atoms with Crippen LogP contribution in [0.2, 0.25) is 0 Å². The number of benzene rings is 1. The summed E-state index contributed by atoms with van der Waals surface area (Å²) in [6.07, 6.45) is 2.97. The lowest BCUT2D eigenvalue weighted by Gasteiger charge is -2.25. The van der Waals surface area contributed by atoms with E-state index < -0.39 is 11.2 Å². The SMILES string of the molecule is CC(C)CCn1c(=O)[nH]c(=O)c2c3c(cnc21)C(=O)C[C@H](c1ccc(F)cc1)C3. The molecule has 1 N–H and O–H groups in total. The molecule has 0 amide bonds. The van der Waals surface area contributed by atoms with Crippen molar-refractivity contribution >= 4 is 16.8 Å². The first-order valence-corrected chi connectivity index (χ1v) is 9.78. The molecule has 2 aromatic heterocycles. The molecule has 0 fully saturated rings. The van der Waals surface area contributed by atoms with E-state index in [1.165, 1.54) is 22.9 Å². The standard InChI is InChI=1S/C22H22FN3O3/c1-12(2)7-8-26-20-19(21(28)25-22(26)29)16-9-14(10-18(27)17(16)11-24-20)13-3-5-15(23)6-4-13/h3-6,11-12,14H,7-10H2,1-2H3,(H,25,28,29)/t14-/m1/s1. The Labute approximate surface area is 166 Å². The highest BCUT2D eigenvalue weighted by atomic mass is 19.1. The number of fused-ring (bicyclic) bond motifs is 3. The van der Waals surface area contributed by atoms with Gasteiger partial charge in [-0.25, -0.2) is 14.2 Å². The number of rotatable bonds is 4. The number of nitrogens with zero attached hydrogens (tertiary/aromatic N) is 2. The van der Waals surface area contributed by atoms with Gasteiger partial charge in [0.2, 0.25) is 0 Å². The molecule has 150 valence electrons. The van der Waals surface area contributed by atoms with Crippen LogP contribution in [-0.2, 0) is 13.0 Å². The van der Waals surface area contributed by atoms with Crippen molar-refractivity contribution in [2.75, 3.05) is 0 Å². The van der Waals surface area contributed by atoms with Crippen molar-refractivity contribution in [3.63, 3.8) is 0 Å². The van der Waals surface area contributed by atoms with E-state index in [4.69, 9.17) is 0 Å². The molecule has 0 radical (unpaired) electrons. The zero-order valence-corrected chi connectivity index (χ0v) is 16.4. The van der Waals surface area contributed by atoms with Crippen molar-refractivity contribution in [3.05, 3.63) is 73.8 Å². The molecule has 29 heavy (non-hydrogen) atoms. The van der Waals surface area contributed by atoms with E-state index >= 15 is 0 Å². The van der Waals surface area contributed by atoms with Crippen LogP contribution < -0.4 is 11.2 Å². The van der Waals surface area contributed by atoms with Gasteiger partial charge in [-0.05, 0) is 47.9 Å². The third kappa shape index (κ3) is 3.52. The van der Waals surface area contributed by atoms with Crippen molar-refractivity contribution < 1.29 is 9.18 Å². The van der Waals surface area contributed by atoms with Crippen molar-refractivity contribution in [2.45, 2.75) is 45.6 Å². The first-order chi connectivity index (χ1) is 13.8. The first-order valence-electron chi connectivity index (χ1n) is 9.78. The van der Waals surface area contributed by atoms with Crippen LogP contribution in [0.5, 0.6) is 0 Å². The van der Waals surface area contributed by atoms with Gasteiger partial charge in [0.15, 0.2) is 5.78 Å². The molecule has 1 aromatic carbocycles. The molecule has 0 spiro atoms. The van der Waals surface area contributed by atoms with E-state index in [0.29, 0.717) is 41.0 Å². The van der Waals surface area contributed by atoms with Crippen LogP contribution in [0.25, 0.3) is 11.0 Å². The molecule has 1 atom stereocenters. The number of Topliss-reactive ketones (excluding diaryl/α,β-unsaturated/α-hetero) is 1. The Bertz CT molecular complexity index is 1210. The Hall–Kier alpha value is -3.09. The molecule has 6 nitrogen and oxygen atoms in total. The molecule has 0 saturated heterocycles. The molecular weight excluding hydrogens is 373 g/mol. The summed E-state index contributed by atoms with van der Waals surface area (Å²) >= 11 is 0. The maximum Gasteiger partial charge on any atom is 0.329 e. The van der Waals surface area contributed by atoms with Crippen LogP contribution in [0.1, 0.15) is 54.1 Å². The van der Waals surface area contributed by atoms with Crippen molar-refractivity contribution in [2.24, 2.45) is 5.92 Å². The number of halogens is 1. The van der Waals surface area contributed by atoms with Gasteiger partial charge in [-0.15, -0.1) is 0 Å². The van der Waals surface area contributed by atoms with Crippen molar-refractivity contribution in [3.8, 4) is 0 Å². The van der Waals surface area contributed by atoms with E-state index in [2.05, 4.69) is 23.8 Å². The van der Waals surface area contributed by atoms with Crippen LogP contribution in [-0.4, -0.2) is 20.3 Å². The number of hydrogen-bond donors (Lipinski definition) is 1. The van der Waals surface area contributed by atoms with E-state index in [1.807, 2.05) is 0 Å². The quantitative estimate of drug-likeness (QED) is 0.735. The van der Waals surface area contributed by atoms with Crippen LogP contribution in [0.3, 0.4) is 0 Å². The Kier molecular flexibility index (Phi) is 4.90. The summed E-state index contributed by atoms with van der Waals surface area (Å²) in [6.45, 7) is 4.55. The third-order valence-corrected chi connectivity index (χ3v) is 5.57. The normalized spacial score (nSPS) is 16.4. The smallest absolute Gasteiger partial charge is 0.294 e. The number of aromatic amines is 1. The van der Waals surface area contributed by atoms with Gasteiger partial charge in [-0.1, -0.05) is 26.0 Å². The van der Waals surface area contributed by atoms with Crippen LogP contribution in [0.4, 0.5) is 4.39 Å². The molecule has 2 heterocycles. The van der Waals surface area contributed by atoms with Gasteiger partial charge in [-0.3, -0.25) is 19.1 Å². The van der Waals surface area contributed by atoms with Crippen LogP contribution in [0.15, 0.2) is 40.1 Å². The number of carbonyl (C=O) groups is 1. The minimum atomic E-state index is -0.525. The summed E-state index contributed by atoms with van der Waals surface area (Å²) in [6, 6.07) is 6.08. The monoisotopic (exact) mass is 395 g/mol. The van der Waals surface area contributed by atoms with Gasteiger partial charge in [0.1, 0.15) is 11.5 Å². The summed E-state index contributed by atoms with van der Waals surface area (Å²) in [5, 5.41) is 0.297. The Morgan fingerprint density at radius 1 is 1.17 bits per heavy atom. The lowest BCUT2D eigenvalue weighted by atomic mass is 9.79. The highest BCUT2D eigenvalue weighted by Gasteiger charge is 2.30. The predicted molar refractivity (Wildman–Crippen MR) is 108 cm³/mol. The van der Waals surface area contributed by atoms with Gasteiger partial charge in [-0.2, -0.15) is 0 Å². The molecule has 1 aliphatic carbocycles. The zero-order chi connectivity index (χ0) is 20.7. The average molecular weight is 395 g/mol. The Morgan fingerprint density at radius 3 is 2.59 bits per heavy atom. The molecule has 3 aromatic rings. The van der Waals surface area contributed by atoms with Crippen LogP contribution in [0, 0.1) is 11.7 Å². The lowest BCUT2D eigenvalue weighted by molar-refractivity contribution is 0.0964. The number of hydrogen-bond acceptors (Lipinski definition) is 4. The van der Waals surface area contributed by atoms with Gasteiger partial charge < -0.3 is 0 Å².